The smallest absolute Gasteiger partial charge is 0.236 e. The lowest BCUT2D eigenvalue weighted by atomic mass is 9.56. The number of pyridine rings is 1. The molecule has 2 saturated heterocycles. The zero-order chi connectivity index (χ0) is 23.0. The molecule has 0 aromatic carbocycles. The third-order valence-corrected chi connectivity index (χ3v) is 8.09. The van der Waals surface area contributed by atoms with Gasteiger partial charge < -0.3 is 9.64 Å². The molecule has 1 aromatic heterocycles. The van der Waals surface area contributed by atoms with E-state index in [4.69, 9.17) is 4.74 Å². The van der Waals surface area contributed by atoms with Gasteiger partial charge in [0, 0.05) is 57.9 Å². The van der Waals surface area contributed by atoms with Gasteiger partial charge in [-0.05, 0) is 51.3 Å². The van der Waals surface area contributed by atoms with Crippen molar-refractivity contribution in [3.8, 4) is 0 Å². The molecule has 2 aliphatic heterocycles. The summed E-state index contributed by atoms with van der Waals surface area (Å²) < 4.78 is 6.02. The Balaban J connectivity index is 1.12. The Morgan fingerprint density at radius 2 is 1.85 bits per heavy atom. The maximum absolute atomic E-state index is 13.3. The van der Waals surface area contributed by atoms with Gasteiger partial charge in [-0.15, -0.1) is 0 Å². The highest BCUT2D eigenvalue weighted by atomic mass is 16.5. The topological polar surface area (TPSA) is 83.1 Å². The summed E-state index contributed by atoms with van der Waals surface area (Å²) in [5.41, 5.74) is -0.764. The van der Waals surface area contributed by atoms with Crippen molar-refractivity contribution in [1.82, 2.24) is 14.8 Å². The molecule has 2 bridgehead atoms. The number of imide groups is 1. The van der Waals surface area contributed by atoms with Crippen molar-refractivity contribution in [3.63, 3.8) is 0 Å². The molecule has 8 nitrogen and oxygen atoms in total. The Kier molecular flexibility index (Phi) is 6.22. The summed E-state index contributed by atoms with van der Waals surface area (Å²) in [7, 11) is 0. The number of carbonyl (C=O) groups excluding carboxylic acids is 3. The van der Waals surface area contributed by atoms with Gasteiger partial charge in [0.15, 0.2) is 0 Å². The lowest BCUT2D eigenvalue weighted by molar-refractivity contribution is -0.180. The molecule has 5 aliphatic rings. The highest BCUT2D eigenvalue weighted by Gasteiger charge is 2.67. The monoisotopic (exact) mass is 454 g/mol. The van der Waals surface area contributed by atoms with E-state index in [1.165, 1.54) is 4.90 Å². The van der Waals surface area contributed by atoms with Crippen LogP contribution >= 0.6 is 0 Å². The second-order valence-corrected chi connectivity index (χ2v) is 9.84. The number of aromatic nitrogens is 1. The average Bonchev–Trinajstić information content (AvgIpc) is 3.10. The van der Waals surface area contributed by atoms with E-state index >= 15 is 0 Å². The van der Waals surface area contributed by atoms with Crippen molar-refractivity contribution in [3.05, 3.63) is 24.4 Å². The molecular formula is C25H34N4O4. The third-order valence-electron chi connectivity index (χ3n) is 8.09. The number of Topliss-reactive ketones (excluding diaryl/α,β-unsaturated/α-hetero) is 1. The van der Waals surface area contributed by atoms with E-state index in [1.807, 2.05) is 31.3 Å². The Bertz CT molecular complexity index is 897. The van der Waals surface area contributed by atoms with E-state index in [-0.39, 0.29) is 29.9 Å². The normalized spacial score (nSPS) is 32.0. The molecule has 1 aromatic rings. The number of piperazine rings is 1. The minimum atomic E-state index is -0.764. The van der Waals surface area contributed by atoms with E-state index in [2.05, 4.69) is 14.8 Å². The highest BCUT2D eigenvalue weighted by Crippen LogP contribution is 2.55. The number of rotatable bonds is 8. The minimum Gasteiger partial charge on any atom is -0.374 e. The number of likely N-dealkylation sites (tertiary alicyclic amines) is 1. The Morgan fingerprint density at radius 1 is 1.06 bits per heavy atom. The number of ether oxygens (including phenoxy) is 1. The minimum absolute atomic E-state index is 0.101. The van der Waals surface area contributed by atoms with Gasteiger partial charge in [0.05, 0.1) is 17.4 Å². The number of anilines is 1. The van der Waals surface area contributed by atoms with Crippen molar-refractivity contribution in [2.45, 2.75) is 44.6 Å². The van der Waals surface area contributed by atoms with Crippen molar-refractivity contribution < 1.29 is 19.1 Å². The maximum atomic E-state index is 13.3. The van der Waals surface area contributed by atoms with E-state index in [1.54, 1.807) is 0 Å². The van der Waals surface area contributed by atoms with Gasteiger partial charge in [0.2, 0.25) is 11.8 Å². The molecule has 2 amide bonds. The number of unbranched alkanes of at least 4 members (excludes halogenated alkanes) is 1. The van der Waals surface area contributed by atoms with Crippen LogP contribution in [0.5, 0.6) is 0 Å². The second kappa shape index (κ2) is 9.14. The largest absolute Gasteiger partial charge is 0.374 e. The summed E-state index contributed by atoms with van der Waals surface area (Å²) in [5, 5.41) is 0. The van der Waals surface area contributed by atoms with Crippen LogP contribution in [0.4, 0.5) is 5.82 Å². The van der Waals surface area contributed by atoms with Crippen LogP contribution in [0, 0.1) is 17.8 Å². The zero-order valence-electron chi connectivity index (χ0n) is 19.4. The van der Waals surface area contributed by atoms with Crippen molar-refractivity contribution in [1.29, 1.82) is 0 Å². The number of amides is 2. The Hall–Kier alpha value is -2.32. The predicted molar refractivity (Wildman–Crippen MR) is 123 cm³/mol. The molecule has 0 radical (unpaired) electrons. The molecule has 8 heteroatoms. The fraction of sp³-hybridized carbons (Fsp3) is 0.680. The second-order valence-electron chi connectivity index (χ2n) is 9.84. The quantitative estimate of drug-likeness (QED) is 0.437. The number of fused-ring (bicyclic) bond motifs is 2. The summed E-state index contributed by atoms with van der Waals surface area (Å²) in [5.74, 6) is -0.393. The lowest BCUT2D eigenvalue weighted by Gasteiger charge is -2.50. The van der Waals surface area contributed by atoms with Gasteiger partial charge in [-0.25, -0.2) is 4.98 Å². The van der Waals surface area contributed by atoms with E-state index in [9.17, 15) is 14.4 Å². The van der Waals surface area contributed by atoms with Crippen LogP contribution in [0.3, 0.4) is 0 Å². The number of nitrogens with zero attached hydrogens (tertiary/aromatic N) is 4. The Labute approximate surface area is 195 Å². The number of ketones is 1. The number of hydrogen-bond acceptors (Lipinski definition) is 7. The van der Waals surface area contributed by atoms with Crippen LogP contribution in [0.15, 0.2) is 24.4 Å². The van der Waals surface area contributed by atoms with Crippen molar-refractivity contribution in [2.75, 3.05) is 50.8 Å². The summed E-state index contributed by atoms with van der Waals surface area (Å²) in [6.07, 6.45) is 5.21. The number of carbonyl (C=O) groups is 3. The van der Waals surface area contributed by atoms with Gasteiger partial charge in [-0.3, -0.25) is 24.2 Å². The van der Waals surface area contributed by atoms with Crippen LogP contribution in [0.2, 0.25) is 0 Å². The molecule has 3 heterocycles. The summed E-state index contributed by atoms with van der Waals surface area (Å²) in [6, 6.07) is 6.00. The first-order chi connectivity index (χ1) is 16.0. The first-order valence-corrected chi connectivity index (χ1v) is 12.4. The first-order valence-electron chi connectivity index (χ1n) is 12.4. The standard InChI is InChI=1S/C25H34N4O4/c1-2-33-25-9-8-18(19(30)17-25)21-22(25)24(32)29(23(21)31)12-6-5-11-27-13-15-28(16-14-27)20-7-3-4-10-26-20/h3-4,7,10,18,21-22H,2,5-6,8-9,11-17H2,1H3/t18-,21-,22+,25-/m1/s1. The van der Waals surface area contributed by atoms with Crippen LogP contribution in [0.25, 0.3) is 0 Å². The van der Waals surface area contributed by atoms with Crippen molar-refractivity contribution in [2.24, 2.45) is 17.8 Å². The van der Waals surface area contributed by atoms with Crippen molar-refractivity contribution >= 4 is 23.4 Å². The molecule has 5 fully saturated rings. The molecule has 3 aliphatic carbocycles. The molecular weight excluding hydrogens is 420 g/mol. The fourth-order valence-electron chi connectivity index (χ4n) is 6.50. The van der Waals surface area contributed by atoms with E-state index in [0.717, 1.165) is 51.4 Å². The molecule has 3 saturated carbocycles. The summed E-state index contributed by atoms with van der Waals surface area (Å²) in [4.78, 5) is 49.7. The first kappa shape index (κ1) is 22.5. The molecule has 4 atom stereocenters. The van der Waals surface area contributed by atoms with Crippen LogP contribution in [-0.4, -0.2) is 83.9 Å². The molecule has 0 spiro atoms. The van der Waals surface area contributed by atoms with Gasteiger partial charge in [0.25, 0.3) is 0 Å². The summed E-state index contributed by atoms with van der Waals surface area (Å²) >= 11 is 0. The van der Waals surface area contributed by atoms with Gasteiger partial charge in [-0.2, -0.15) is 0 Å². The predicted octanol–water partition coefficient (Wildman–Crippen LogP) is 1.74. The van der Waals surface area contributed by atoms with Crippen LogP contribution in [-0.2, 0) is 19.1 Å². The molecule has 0 unspecified atom stereocenters. The zero-order valence-corrected chi connectivity index (χ0v) is 19.4. The molecule has 6 rings (SSSR count). The fourth-order valence-corrected chi connectivity index (χ4v) is 6.50. The van der Waals surface area contributed by atoms with Gasteiger partial charge >= 0.3 is 0 Å². The highest BCUT2D eigenvalue weighted by molar-refractivity contribution is 6.09. The van der Waals surface area contributed by atoms with Gasteiger partial charge in [-0.1, -0.05) is 6.07 Å². The molecule has 33 heavy (non-hydrogen) atoms. The molecule has 0 N–H and O–H groups in total. The lowest BCUT2D eigenvalue weighted by Crippen LogP contribution is -2.59. The SMILES string of the molecule is CCO[C@]12CC[C@H](C(=O)C1)[C@H]1C(=O)N(CCCCN3CCN(c4ccccn4)CC3)C(=O)[C@H]12. The van der Waals surface area contributed by atoms with E-state index < -0.39 is 17.4 Å². The van der Waals surface area contributed by atoms with Crippen LogP contribution < -0.4 is 4.90 Å². The van der Waals surface area contributed by atoms with E-state index in [0.29, 0.717) is 26.0 Å². The summed E-state index contributed by atoms with van der Waals surface area (Å²) in [6.45, 7) is 7.65. The molecule has 178 valence electrons. The number of hydrogen-bond donors (Lipinski definition) is 0. The average molecular weight is 455 g/mol. The van der Waals surface area contributed by atoms with Crippen LogP contribution in [0.1, 0.15) is 39.0 Å². The van der Waals surface area contributed by atoms with Gasteiger partial charge in [0.1, 0.15) is 11.6 Å². The third kappa shape index (κ3) is 3.97. The Morgan fingerprint density at radius 3 is 2.55 bits per heavy atom. The maximum Gasteiger partial charge on any atom is 0.236 e.